The van der Waals surface area contributed by atoms with E-state index in [9.17, 15) is 28.3 Å². The molecule has 2 fully saturated rings. The van der Waals surface area contributed by atoms with Gasteiger partial charge in [-0.25, -0.2) is 22.4 Å². The molecule has 1 saturated heterocycles. The summed E-state index contributed by atoms with van der Waals surface area (Å²) in [5, 5.41) is 15.0. The van der Waals surface area contributed by atoms with Crippen LogP contribution in [0.25, 0.3) is 0 Å². The molecule has 1 aliphatic heterocycles. The fraction of sp³-hybridized carbons (Fsp3) is 0.552. The van der Waals surface area contributed by atoms with Gasteiger partial charge in [-0.05, 0) is 44.7 Å². The van der Waals surface area contributed by atoms with Crippen LogP contribution < -0.4 is 25.8 Å². The number of carbonyl (C=O) groups is 2. The molecule has 1 aromatic heterocycles. The molecule has 10 nitrogen and oxygen atoms in total. The second-order valence-electron chi connectivity index (χ2n) is 10.9. The number of benzene rings is 1. The number of nitrogens with one attached hydrogen (secondary N) is 2. The Balaban J connectivity index is 1.69. The number of nitrogens with zero attached hydrogens (tertiary/aromatic N) is 2. The smallest absolute Gasteiger partial charge is 0.315 e. The van der Waals surface area contributed by atoms with Gasteiger partial charge < -0.3 is 34.7 Å². The van der Waals surface area contributed by atoms with E-state index in [-0.39, 0.29) is 30.9 Å². The van der Waals surface area contributed by atoms with Crippen molar-refractivity contribution < 1.29 is 41.7 Å². The van der Waals surface area contributed by atoms with Crippen LogP contribution in [0.3, 0.4) is 0 Å². The topological polar surface area (TPSA) is 122 Å². The molecule has 3 N–H and O–H groups in total. The van der Waals surface area contributed by atoms with Crippen LogP contribution in [-0.4, -0.2) is 73.6 Å². The standard InChI is InChI=1S/C29H36F4N4O6/c1-15-23(24-20(30)11-19(43-3)12-21(24)31)25(35-29(41)34-17-8-6-16(7-9-17)26(32)33)28(40)37(15)22-5-4-10-36(27(22)39)18(13-38)14-42-2/h4-5,10-12,15-18,23,25-26,38H,6-9,13-14H2,1-3H3,(H2,34,35,41)/t15-,16?,17?,18?,23-,25-/m0/s1. The molecule has 14 heteroatoms. The number of aromatic nitrogens is 1. The second-order valence-corrected chi connectivity index (χ2v) is 10.9. The SMILES string of the molecule is COCC(CO)n1cccc(N2C(=O)[C@@H](NC(=O)NC3CCC(C(F)F)CC3)[C@H](c3c(F)cc(OC)cc3F)[C@@H]2C)c1=O. The summed E-state index contributed by atoms with van der Waals surface area (Å²) in [6.45, 7) is 1.07. The first-order valence-corrected chi connectivity index (χ1v) is 14.0. The minimum absolute atomic E-state index is 0.00215. The number of aliphatic hydroxyl groups is 1. The number of hydrogen-bond donors (Lipinski definition) is 3. The molecule has 1 unspecified atom stereocenters. The number of hydrogen-bond acceptors (Lipinski definition) is 6. The number of alkyl halides is 2. The molecule has 1 aliphatic carbocycles. The van der Waals surface area contributed by atoms with E-state index in [1.807, 2.05) is 0 Å². The molecule has 0 radical (unpaired) electrons. The van der Waals surface area contributed by atoms with Crippen molar-refractivity contribution in [2.45, 2.75) is 69.1 Å². The largest absolute Gasteiger partial charge is 0.497 e. The maximum atomic E-state index is 15.4. The average molecular weight is 613 g/mol. The lowest BCUT2D eigenvalue weighted by atomic mass is 9.86. The van der Waals surface area contributed by atoms with Crippen molar-refractivity contribution in [3.05, 3.63) is 58.0 Å². The van der Waals surface area contributed by atoms with Crippen LogP contribution in [0.4, 0.5) is 28.0 Å². The van der Waals surface area contributed by atoms with Crippen molar-refractivity contribution in [2.24, 2.45) is 5.92 Å². The van der Waals surface area contributed by atoms with Crippen molar-refractivity contribution >= 4 is 17.6 Å². The van der Waals surface area contributed by atoms with Crippen LogP contribution in [0.15, 0.2) is 35.3 Å². The Morgan fingerprint density at radius 1 is 1.09 bits per heavy atom. The van der Waals surface area contributed by atoms with Crippen molar-refractivity contribution in [3.63, 3.8) is 0 Å². The predicted octanol–water partition coefficient (Wildman–Crippen LogP) is 3.33. The summed E-state index contributed by atoms with van der Waals surface area (Å²) in [5.41, 5.74) is -1.26. The summed E-state index contributed by atoms with van der Waals surface area (Å²) in [7, 11) is 2.64. The molecule has 4 rings (SSSR count). The second kappa shape index (κ2) is 13.8. The molecule has 3 amide bonds. The Hall–Kier alpha value is -3.65. The molecular weight excluding hydrogens is 576 g/mol. The summed E-state index contributed by atoms with van der Waals surface area (Å²) in [5.74, 6) is -4.92. The van der Waals surface area contributed by atoms with Crippen LogP contribution in [0, 0.1) is 17.6 Å². The number of pyridine rings is 1. The van der Waals surface area contributed by atoms with Crippen molar-refractivity contribution in [1.82, 2.24) is 15.2 Å². The molecule has 0 spiro atoms. The van der Waals surface area contributed by atoms with E-state index >= 15 is 8.78 Å². The molecule has 2 heterocycles. The number of carbonyl (C=O) groups excluding carboxylic acids is 2. The van der Waals surface area contributed by atoms with Crippen LogP contribution in [0.1, 0.15) is 50.1 Å². The maximum absolute atomic E-state index is 15.4. The van der Waals surface area contributed by atoms with Gasteiger partial charge in [0, 0.05) is 54.9 Å². The number of urea groups is 1. The minimum atomic E-state index is -2.45. The van der Waals surface area contributed by atoms with Crippen molar-refractivity contribution in [3.8, 4) is 5.75 Å². The van der Waals surface area contributed by atoms with E-state index in [0.29, 0.717) is 12.8 Å². The molecule has 2 aromatic rings. The number of aliphatic hydroxyl groups excluding tert-OH is 1. The lowest BCUT2D eigenvalue weighted by Gasteiger charge is -2.29. The third-order valence-electron chi connectivity index (χ3n) is 8.34. The predicted molar refractivity (Wildman–Crippen MR) is 149 cm³/mol. The number of anilines is 1. The number of methoxy groups -OCH3 is 2. The van der Waals surface area contributed by atoms with E-state index in [1.165, 1.54) is 44.0 Å². The zero-order valence-corrected chi connectivity index (χ0v) is 24.1. The van der Waals surface area contributed by atoms with Crippen molar-refractivity contribution in [1.29, 1.82) is 0 Å². The van der Waals surface area contributed by atoms with Crippen LogP contribution in [0.2, 0.25) is 0 Å². The monoisotopic (exact) mass is 612 g/mol. The van der Waals surface area contributed by atoms with Gasteiger partial charge in [-0.3, -0.25) is 9.59 Å². The molecule has 236 valence electrons. The quantitative estimate of drug-likeness (QED) is 0.354. The van der Waals surface area contributed by atoms with Crippen LogP contribution >= 0.6 is 0 Å². The fourth-order valence-corrected chi connectivity index (χ4v) is 6.10. The van der Waals surface area contributed by atoms with E-state index in [4.69, 9.17) is 9.47 Å². The third kappa shape index (κ3) is 6.64. The zero-order valence-electron chi connectivity index (χ0n) is 24.1. The summed E-state index contributed by atoms with van der Waals surface area (Å²) in [4.78, 5) is 41.6. The Labute approximate surface area is 246 Å². The van der Waals surface area contributed by atoms with Gasteiger partial charge in [-0.15, -0.1) is 0 Å². The van der Waals surface area contributed by atoms with E-state index in [2.05, 4.69) is 10.6 Å². The zero-order chi connectivity index (χ0) is 31.4. The van der Waals surface area contributed by atoms with E-state index in [1.54, 1.807) is 0 Å². The van der Waals surface area contributed by atoms with Gasteiger partial charge in [0.1, 0.15) is 29.1 Å². The number of amides is 3. The average Bonchev–Trinajstić information content (AvgIpc) is 3.20. The molecule has 4 atom stereocenters. The molecule has 2 aliphatic rings. The molecule has 0 bridgehead atoms. The normalized spacial score (nSPS) is 24.7. The summed E-state index contributed by atoms with van der Waals surface area (Å²) >= 11 is 0. The van der Waals surface area contributed by atoms with Gasteiger partial charge >= 0.3 is 6.03 Å². The molecule has 43 heavy (non-hydrogen) atoms. The van der Waals surface area contributed by atoms with Crippen LogP contribution in [0.5, 0.6) is 5.75 Å². The lowest BCUT2D eigenvalue weighted by molar-refractivity contribution is -0.118. The first kappa shape index (κ1) is 32.3. The number of halogens is 4. The van der Waals surface area contributed by atoms with E-state index in [0.717, 1.165) is 17.0 Å². The number of ether oxygens (including phenoxy) is 2. The van der Waals surface area contributed by atoms with Gasteiger partial charge in [-0.2, -0.15) is 0 Å². The van der Waals surface area contributed by atoms with Gasteiger partial charge in [0.05, 0.1) is 26.4 Å². The summed E-state index contributed by atoms with van der Waals surface area (Å²) in [6.07, 6.45) is 0.0385. The van der Waals surface area contributed by atoms with Gasteiger partial charge in [0.2, 0.25) is 6.43 Å². The Kier molecular flexibility index (Phi) is 10.3. The van der Waals surface area contributed by atoms with Gasteiger partial charge in [0.15, 0.2) is 0 Å². The lowest BCUT2D eigenvalue weighted by Crippen LogP contribution is -2.51. The van der Waals surface area contributed by atoms with Gasteiger partial charge in [-0.1, -0.05) is 0 Å². The molecular formula is C29H36F4N4O6. The van der Waals surface area contributed by atoms with Crippen LogP contribution in [-0.2, 0) is 9.53 Å². The highest BCUT2D eigenvalue weighted by atomic mass is 19.3. The third-order valence-corrected chi connectivity index (χ3v) is 8.34. The van der Waals surface area contributed by atoms with Gasteiger partial charge in [0.25, 0.3) is 11.5 Å². The summed E-state index contributed by atoms with van der Waals surface area (Å²) < 4.78 is 68.2. The maximum Gasteiger partial charge on any atom is 0.315 e. The minimum Gasteiger partial charge on any atom is -0.497 e. The Bertz CT molecular complexity index is 1340. The number of rotatable bonds is 10. The highest BCUT2D eigenvalue weighted by molar-refractivity contribution is 6.03. The first-order valence-electron chi connectivity index (χ1n) is 14.0. The Morgan fingerprint density at radius 3 is 2.30 bits per heavy atom. The van der Waals surface area contributed by atoms with Crippen molar-refractivity contribution in [2.75, 3.05) is 32.3 Å². The fourth-order valence-electron chi connectivity index (χ4n) is 6.10. The highest BCUT2D eigenvalue weighted by Gasteiger charge is 2.51. The molecule has 1 aromatic carbocycles. The Morgan fingerprint density at radius 2 is 1.74 bits per heavy atom. The highest BCUT2D eigenvalue weighted by Crippen LogP contribution is 2.40. The molecule has 1 saturated carbocycles. The first-order chi connectivity index (χ1) is 20.5. The summed E-state index contributed by atoms with van der Waals surface area (Å²) in [6, 6.07) is 0.270. The van der Waals surface area contributed by atoms with E-state index < -0.39 is 83.7 Å².